The molecule has 0 saturated heterocycles. The van der Waals surface area contributed by atoms with E-state index in [0.717, 1.165) is 24.1 Å². The van der Waals surface area contributed by atoms with Gasteiger partial charge in [-0.3, -0.25) is 4.98 Å². The second-order valence-electron chi connectivity index (χ2n) is 10.2. The predicted molar refractivity (Wildman–Crippen MR) is 157 cm³/mol. The number of pyridine rings is 1. The van der Waals surface area contributed by atoms with E-state index < -0.39 is 0 Å². The van der Waals surface area contributed by atoms with Gasteiger partial charge in [-0.1, -0.05) is 111 Å². The molecule has 0 amide bonds. The molecule has 0 atom stereocenters. The Morgan fingerprint density at radius 2 is 1.22 bits per heavy atom. The van der Waals surface area contributed by atoms with Crippen LogP contribution >= 0.6 is 0 Å². The molecule has 6 aromatic rings. The van der Waals surface area contributed by atoms with E-state index in [1.807, 2.05) is 6.20 Å². The summed E-state index contributed by atoms with van der Waals surface area (Å²) in [5.74, 6) is 0. The molecule has 37 heavy (non-hydrogen) atoms. The van der Waals surface area contributed by atoms with E-state index in [2.05, 4.69) is 123 Å². The maximum atomic E-state index is 4.80. The standard InChI is InChI=1S/C36H29N/c1-3-36(4-2)33-12-8-7-11-30(33)31-20-19-27(21-34(31)36)24-13-16-26(17-14-24)35-22-32-28(23-37-35)18-15-25-9-5-6-10-29(25)32/h5-23H,3-4H2,1-2H3. The molecule has 0 saturated carbocycles. The molecule has 0 unspecified atom stereocenters. The van der Waals surface area contributed by atoms with Gasteiger partial charge in [-0.05, 0) is 74.5 Å². The Kier molecular flexibility index (Phi) is 5.01. The molecule has 0 bridgehead atoms. The van der Waals surface area contributed by atoms with Gasteiger partial charge in [0.15, 0.2) is 0 Å². The van der Waals surface area contributed by atoms with Crippen molar-refractivity contribution in [2.45, 2.75) is 32.1 Å². The van der Waals surface area contributed by atoms with Gasteiger partial charge in [-0.25, -0.2) is 0 Å². The van der Waals surface area contributed by atoms with E-state index in [0.29, 0.717) is 0 Å². The van der Waals surface area contributed by atoms with Gasteiger partial charge < -0.3 is 0 Å². The monoisotopic (exact) mass is 475 g/mol. The van der Waals surface area contributed by atoms with Gasteiger partial charge in [-0.15, -0.1) is 0 Å². The van der Waals surface area contributed by atoms with E-state index in [1.54, 1.807) is 0 Å². The number of nitrogens with zero attached hydrogens (tertiary/aromatic N) is 1. The van der Waals surface area contributed by atoms with Crippen molar-refractivity contribution in [1.29, 1.82) is 0 Å². The number of hydrogen-bond acceptors (Lipinski definition) is 1. The SMILES string of the molecule is CCC1(CC)c2ccccc2-c2ccc(-c3ccc(-c4cc5c(ccc6ccccc65)cn4)cc3)cc21. The summed E-state index contributed by atoms with van der Waals surface area (Å²) >= 11 is 0. The van der Waals surface area contributed by atoms with Crippen molar-refractivity contribution in [1.82, 2.24) is 4.98 Å². The number of benzene rings is 5. The van der Waals surface area contributed by atoms with Crippen LogP contribution in [0.3, 0.4) is 0 Å². The summed E-state index contributed by atoms with van der Waals surface area (Å²) in [6, 6.07) is 40.1. The third kappa shape index (κ3) is 3.27. The Morgan fingerprint density at radius 3 is 2.05 bits per heavy atom. The molecule has 7 rings (SSSR count). The van der Waals surface area contributed by atoms with Crippen LogP contribution in [0.4, 0.5) is 0 Å². The average molecular weight is 476 g/mol. The van der Waals surface area contributed by atoms with Crippen LogP contribution in [-0.2, 0) is 5.41 Å². The van der Waals surface area contributed by atoms with Crippen LogP contribution in [0.2, 0.25) is 0 Å². The quantitative estimate of drug-likeness (QED) is 0.231. The highest BCUT2D eigenvalue weighted by molar-refractivity contribution is 6.08. The zero-order valence-corrected chi connectivity index (χ0v) is 21.3. The van der Waals surface area contributed by atoms with Crippen molar-refractivity contribution in [2.75, 3.05) is 0 Å². The van der Waals surface area contributed by atoms with Gasteiger partial charge >= 0.3 is 0 Å². The van der Waals surface area contributed by atoms with Crippen molar-refractivity contribution in [3.05, 3.63) is 127 Å². The first-order chi connectivity index (χ1) is 18.2. The Balaban J connectivity index is 1.28. The second kappa shape index (κ2) is 8.42. The number of rotatable bonds is 4. The summed E-state index contributed by atoms with van der Waals surface area (Å²) in [4.78, 5) is 4.80. The van der Waals surface area contributed by atoms with E-state index in [4.69, 9.17) is 4.98 Å². The maximum Gasteiger partial charge on any atom is 0.0708 e. The second-order valence-corrected chi connectivity index (χ2v) is 10.2. The summed E-state index contributed by atoms with van der Waals surface area (Å²) in [5, 5.41) is 4.96. The smallest absolute Gasteiger partial charge is 0.0708 e. The van der Waals surface area contributed by atoms with Crippen molar-refractivity contribution in [3.8, 4) is 33.5 Å². The van der Waals surface area contributed by atoms with Crippen molar-refractivity contribution < 1.29 is 0 Å². The minimum atomic E-state index is 0.0969. The topological polar surface area (TPSA) is 12.9 Å². The summed E-state index contributed by atoms with van der Waals surface area (Å²) < 4.78 is 0. The average Bonchev–Trinajstić information content (AvgIpc) is 3.26. The Morgan fingerprint density at radius 1 is 0.541 bits per heavy atom. The van der Waals surface area contributed by atoms with Crippen LogP contribution < -0.4 is 0 Å². The first-order valence-corrected chi connectivity index (χ1v) is 13.3. The highest BCUT2D eigenvalue weighted by atomic mass is 14.7. The molecular formula is C36H29N. The largest absolute Gasteiger partial charge is 0.256 e. The van der Waals surface area contributed by atoms with E-state index in [9.17, 15) is 0 Å². The molecule has 0 N–H and O–H groups in total. The zero-order valence-electron chi connectivity index (χ0n) is 21.3. The summed E-state index contributed by atoms with van der Waals surface area (Å²) in [6.45, 7) is 4.66. The summed E-state index contributed by atoms with van der Waals surface area (Å²) in [6.07, 6.45) is 4.22. The summed E-state index contributed by atoms with van der Waals surface area (Å²) in [5.41, 5.74) is 10.5. The molecule has 1 aromatic heterocycles. The minimum absolute atomic E-state index is 0.0969. The van der Waals surface area contributed by atoms with Crippen LogP contribution in [0.25, 0.3) is 55.1 Å². The normalized spacial score (nSPS) is 13.6. The third-order valence-electron chi connectivity index (χ3n) is 8.62. The molecular weight excluding hydrogens is 446 g/mol. The van der Waals surface area contributed by atoms with Crippen molar-refractivity contribution >= 4 is 21.5 Å². The van der Waals surface area contributed by atoms with Crippen LogP contribution in [0.1, 0.15) is 37.8 Å². The highest BCUT2D eigenvalue weighted by Gasteiger charge is 2.40. The zero-order chi connectivity index (χ0) is 25.0. The Hall–Kier alpha value is -4.23. The summed E-state index contributed by atoms with van der Waals surface area (Å²) in [7, 11) is 0. The lowest BCUT2D eigenvalue weighted by Gasteiger charge is -2.30. The van der Waals surface area contributed by atoms with Gasteiger partial charge in [0, 0.05) is 22.6 Å². The molecule has 0 fully saturated rings. The number of hydrogen-bond donors (Lipinski definition) is 0. The molecule has 1 heteroatoms. The Bertz CT molecular complexity index is 1790. The van der Waals surface area contributed by atoms with Gasteiger partial charge in [-0.2, -0.15) is 0 Å². The van der Waals surface area contributed by atoms with Crippen LogP contribution in [0.5, 0.6) is 0 Å². The van der Waals surface area contributed by atoms with E-state index in [-0.39, 0.29) is 5.41 Å². The van der Waals surface area contributed by atoms with Gasteiger partial charge in [0.2, 0.25) is 0 Å². The predicted octanol–water partition coefficient (Wildman–Crippen LogP) is 9.81. The van der Waals surface area contributed by atoms with Gasteiger partial charge in [0.05, 0.1) is 5.69 Å². The van der Waals surface area contributed by atoms with Gasteiger partial charge in [0.1, 0.15) is 0 Å². The third-order valence-corrected chi connectivity index (χ3v) is 8.62. The lowest BCUT2D eigenvalue weighted by molar-refractivity contribution is 0.490. The molecule has 0 radical (unpaired) electrons. The molecule has 5 aromatic carbocycles. The highest BCUT2D eigenvalue weighted by Crippen LogP contribution is 2.53. The molecule has 1 aliphatic carbocycles. The lowest BCUT2D eigenvalue weighted by atomic mass is 9.73. The Labute approximate surface area is 218 Å². The lowest BCUT2D eigenvalue weighted by Crippen LogP contribution is -2.23. The molecule has 0 spiro atoms. The van der Waals surface area contributed by atoms with Crippen molar-refractivity contribution in [3.63, 3.8) is 0 Å². The fourth-order valence-corrected chi connectivity index (χ4v) is 6.54. The molecule has 1 nitrogen and oxygen atoms in total. The molecule has 178 valence electrons. The van der Waals surface area contributed by atoms with Crippen LogP contribution in [0, 0.1) is 0 Å². The minimum Gasteiger partial charge on any atom is -0.256 e. The van der Waals surface area contributed by atoms with Crippen LogP contribution in [-0.4, -0.2) is 4.98 Å². The molecule has 1 aliphatic rings. The maximum absolute atomic E-state index is 4.80. The van der Waals surface area contributed by atoms with E-state index in [1.165, 1.54) is 54.9 Å². The molecule has 1 heterocycles. The van der Waals surface area contributed by atoms with E-state index >= 15 is 0 Å². The van der Waals surface area contributed by atoms with Crippen LogP contribution in [0.15, 0.2) is 115 Å². The van der Waals surface area contributed by atoms with Gasteiger partial charge in [0.25, 0.3) is 0 Å². The van der Waals surface area contributed by atoms with Crippen molar-refractivity contribution in [2.24, 2.45) is 0 Å². The fourth-order valence-electron chi connectivity index (χ4n) is 6.54. The first kappa shape index (κ1) is 22.0. The number of fused-ring (bicyclic) bond motifs is 6. The number of aromatic nitrogens is 1. The first-order valence-electron chi connectivity index (χ1n) is 13.3. The fraction of sp³-hybridized carbons (Fsp3) is 0.139. The molecule has 0 aliphatic heterocycles.